The highest BCUT2D eigenvalue weighted by Gasteiger charge is 2.66. The van der Waals surface area contributed by atoms with E-state index in [-0.39, 0.29) is 10.8 Å². The Kier molecular flexibility index (Phi) is 2.68. The first-order valence-electron chi connectivity index (χ1n) is 7.25. The number of furan rings is 1. The minimum Gasteiger partial charge on any atom is -0.472 e. The quantitative estimate of drug-likeness (QED) is 0.819. The van der Waals surface area contributed by atoms with Gasteiger partial charge in [0, 0.05) is 11.0 Å². The van der Waals surface area contributed by atoms with E-state index in [1.807, 2.05) is 0 Å². The molecule has 1 aromatic rings. The number of fused-ring (bicyclic) bond motifs is 1. The topological polar surface area (TPSA) is 53.6 Å². The lowest BCUT2D eigenvalue weighted by molar-refractivity contribution is -0.153. The summed E-state index contributed by atoms with van der Waals surface area (Å²) in [5.41, 5.74) is -0.564. The number of rotatable bonds is 1. The zero-order valence-electron chi connectivity index (χ0n) is 12.0. The average molecular weight is 264 g/mol. The Morgan fingerprint density at radius 3 is 2.63 bits per heavy atom. The lowest BCUT2D eigenvalue weighted by Crippen LogP contribution is -2.51. The molecule has 0 unspecified atom stereocenters. The highest BCUT2D eigenvalue weighted by atomic mass is 16.4. The molecule has 0 aliphatic heterocycles. The van der Waals surface area contributed by atoms with Crippen molar-refractivity contribution in [3.05, 3.63) is 24.2 Å². The van der Waals surface area contributed by atoms with Gasteiger partial charge in [0.2, 0.25) is 0 Å². The van der Waals surface area contributed by atoms with Gasteiger partial charge in [-0.15, -0.1) is 0 Å². The van der Waals surface area contributed by atoms with Crippen LogP contribution in [0.15, 0.2) is 23.0 Å². The summed E-state index contributed by atoms with van der Waals surface area (Å²) in [6.45, 7) is 6.67. The third-order valence-electron chi connectivity index (χ3n) is 6.00. The third kappa shape index (κ3) is 1.52. The fourth-order valence-corrected chi connectivity index (χ4v) is 4.94. The maximum atomic E-state index is 11.3. The zero-order chi connectivity index (χ0) is 13.9. The highest BCUT2D eigenvalue weighted by Crippen LogP contribution is 2.66. The Balaban J connectivity index is 2.11. The minimum atomic E-state index is -1.18. The second-order valence-electron chi connectivity index (χ2n) is 7.34. The van der Waals surface area contributed by atoms with Crippen molar-refractivity contribution in [1.29, 1.82) is 0 Å². The summed E-state index contributed by atoms with van der Waals surface area (Å²) in [7, 11) is 0. The van der Waals surface area contributed by atoms with E-state index in [4.69, 9.17) is 4.42 Å². The van der Waals surface area contributed by atoms with Crippen molar-refractivity contribution in [2.45, 2.75) is 58.2 Å². The molecule has 1 heterocycles. The lowest BCUT2D eigenvalue weighted by atomic mass is 9.54. The fourth-order valence-electron chi connectivity index (χ4n) is 4.94. The molecule has 3 rings (SSSR count). The van der Waals surface area contributed by atoms with Gasteiger partial charge in [0.15, 0.2) is 0 Å². The number of aliphatic hydroxyl groups is 2. The van der Waals surface area contributed by atoms with Crippen LogP contribution in [0.1, 0.15) is 52.0 Å². The van der Waals surface area contributed by atoms with E-state index in [0.717, 1.165) is 18.4 Å². The summed E-state index contributed by atoms with van der Waals surface area (Å²) in [5.74, 6) is 0.337. The van der Waals surface area contributed by atoms with E-state index in [2.05, 4.69) is 20.8 Å². The molecule has 0 aromatic carbocycles. The van der Waals surface area contributed by atoms with E-state index >= 15 is 0 Å². The lowest BCUT2D eigenvalue weighted by Gasteiger charge is -2.52. The first kappa shape index (κ1) is 13.2. The summed E-state index contributed by atoms with van der Waals surface area (Å²) in [6.07, 6.45) is 6.35. The normalized spacial score (nSPS) is 45.1. The molecule has 3 nitrogen and oxygen atoms in total. The van der Waals surface area contributed by atoms with E-state index in [9.17, 15) is 10.2 Å². The van der Waals surface area contributed by atoms with Gasteiger partial charge in [-0.2, -0.15) is 0 Å². The second kappa shape index (κ2) is 3.86. The van der Waals surface area contributed by atoms with Gasteiger partial charge in [0.05, 0.1) is 18.6 Å². The van der Waals surface area contributed by atoms with Crippen molar-refractivity contribution in [2.75, 3.05) is 0 Å². The largest absolute Gasteiger partial charge is 0.472 e. The standard InChI is InChI=1S/C16H24O3/c1-14(2)6-4-7-15(3)12(14)9-13(17)16(15,18)11-5-8-19-10-11/h5,8,10,12-13,17-18H,4,6-7,9H2,1-3H3/t12-,13-,15+,16-/m0/s1. The monoisotopic (exact) mass is 264 g/mol. The van der Waals surface area contributed by atoms with Crippen LogP contribution in [0.5, 0.6) is 0 Å². The number of hydrogen-bond donors (Lipinski definition) is 2. The highest BCUT2D eigenvalue weighted by molar-refractivity contribution is 5.28. The maximum absolute atomic E-state index is 11.3. The molecule has 4 atom stereocenters. The molecule has 1 aromatic heterocycles. The first-order valence-corrected chi connectivity index (χ1v) is 7.25. The molecule has 0 bridgehead atoms. The molecule has 2 fully saturated rings. The van der Waals surface area contributed by atoms with Crippen molar-refractivity contribution in [2.24, 2.45) is 16.7 Å². The summed E-state index contributed by atoms with van der Waals surface area (Å²) >= 11 is 0. The molecule has 2 N–H and O–H groups in total. The number of aliphatic hydroxyl groups excluding tert-OH is 1. The molecule has 19 heavy (non-hydrogen) atoms. The fraction of sp³-hybridized carbons (Fsp3) is 0.750. The molecule has 0 amide bonds. The van der Waals surface area contributed by atoms with Crippen molar-refractivity contribution in [3.63, 3.8) is 0 Å². The molecule has 0 radical (unpaired) electrons. The van der Waals surface area contributed by atoms with Crippen LogP contribution in [0.3, 0.4) is 0 Å². The Hall–Kier alpha value is -0.800. The van der Waals surface area contributed by atoms with Crippen LogP contribution in [0.2, 0.25) is 0 Å². The van der Waals surface area contributed by atoms with Gasteiger partial charge < -0.3 is 14.6 Å². The summed E-state index contributed by atoms with van der Waals surface area (Å²) in [6, 6.07) is 1.79. The van der Waals surface area contributed by atoms with Crippen LogP contribution in [-0.2, 0) is 5.60 Å². The van der Waals surface area contributed by atoms with Crippen LogP contribution in [0, 0.1) is 16.7 Å². The Morgan fingerprint density at radius 1 is 1.26 bits per heavy atom. The molecular weight excluding hydrogens is 240 g/mol. The van der Waals surface area contributed by atoms with Gasteiger partial charge in [-0.3, -0.25) is 0 Å². The van der Waals surface area contributed by atoms with E-state index in [1.165, 1.54) is 6.42 Å². The van der Waals surface area contributed by atoms with E-state index < -0.39 is 11.7 Å². The molecule has 3 heteroatoms. The minimum absolute atomic E-state index is 0.169. The van der Waals surface area contributed by atoms with Crippen LogP contribution < -0.4 is 0 Å². The molecule has 2 aliphatic rings. The van der Waals surface area contributed by atoms with Crippen LogP contribution in [0.4, 0.5) is 0 Å². The Morgan fingerprint density at radius 2 is 2.00 bits per heavy atom. The van der Waals surface area contributed by atoms with Crippen molar-refractivity contribution in [3.8, 4) is 0 Å². The summed E-state index contributed by atoms with van der Waals surface area (Å²) in [4.78, 5) is 0. The van der Waals surface area contributed by atoms with E-state index in [0.29, 0.717) is 12.3 Å². The predicted octanol–water partition coefficient (Wildman–Crippen LogP) is 3.06. The molecule has 2 saturated carbocycles. The van der Waals surface area contributed by atoms with Gasteiger partial charge in [0.1, 0.15) is 5.60 Å². The van der Waals surface area contributed by atoms with Gasteiger partial charge >= 0.3 is 0 Å². The van der Waals surface area contributed by atoms with Gasteiger partial charge in [0.25, 0.3) is 0 Å². The third-order valence-corrected chi connectivity index (χ3v) is 6.00. The van der Waals surface area contributed by atoms with Gasteiger partial charge in [-0.25, -0.2) is 0 Å². The number of hydrogen-bond acceptors (Lipinski definition) is 3. The second-order valence-corrected chi connectivity index (χ2v) is 7.34. The Bertz CT molecular complexity index is 464. The summed E-state index contributed by atoms with van der Waals surface area (Å²) < 4.78 is 5.15. The SMILES string of the molecule is CC1(C)CCC[C@]2(C)[C@H]1C[C@H](O)[C@@]2(O)c1ccoc1. The molecule has 2 aliphatic carbocycles. The van der Waals surface area contributed by atoms with Crippen LogP contribution in [0.25, 0.3) is 0 Å². The predicted molar refractivity (Wildman–Crippen MR) is 72.5 cm³/mol. The molecular formula is C16H24O3. The average Bonchev–Trinajstić information content (AvgIpc) is 2.91. The molecule has 0 spiro atoms. The molecule has 0 saturated heterocycles. The first-order chi connectivity index (χ1) is 8.82. The Labute approximate surface area is 114 Å². The molecule has 106 valence electrons. The van der Waals surface area contributed by atoms with Gasteiger partial charge in [-0.1, -0.05) is 27.2 Å². The zero-order valence-corrected chi connectivity index (χ0v) is 12.0. The van der Waals surface area contributed by atoms with E-state index in [1.54, 1.807) is 18.6 Å². The van der Waals surface area contributed by atoms with Gasteiger partial charge in [-0.05, 0) is 36.7 Å². The van der Waals surface area contributed by atoms with Crippen molar-refractivity contribution < 1.29 is 14.6 Å². The van der Waals surface area contributed by atoms with Crippen LogP contribution >= 0.6 is 0 Å². The maximum Gasteiger partial charge on any atom is 0.124 e. The van der Waals surface area contributed by atoms with Crippen molar-refractivity contribution >= 4 is 0 Å². The van der Waals surface area contributed by atoms with Crippen LogP contribution in [-0.4, -0.2) is 16.3 Å². The van der Waals surface area contributed by atoms with Crippen molar-refractivity contribution in [1.82, 2.24) is 0 Å². The summed E-state index contributed by atoms with van der Waals surface area (Å²) in [5, 5.41) is 21.9. The smallest absolute Gasteiger partial charge is 0.124 e.